The fraction of sp³-hybridized carbons (Fsp3) is 0.136. The van der Waals surface area contributed by atoms with Crippen LogP contribution in [-0.4, -0.2) is 28.5 Å². The highest BCUT2D eigenvalue weighted by atomic mass is 35.5. The van der Waals surface area contributed by atoms with E-state index >= 15 is 0 Å². The zero-order chi connectivity index (χ0) is 21.9. The predicted octanol–water partition coefficient (Wildman–Crippen LogP) is 4.73. The van der Waals surface area contributed by atoms with E-state index in [0.29, 0.717) is 27.7 Å². The van der Waals surface area contributed by atoms with Crippen LogP contribution in [0.4, 0.5) is 11.4 Å². The first kappa shape index (κ1) is 21.7. The number of sulfonamides is 1. The minimum atomic E-state index is -3.75. The van der Waals surface area contributed by atoms with E-state index in [1.54, 1.807) is 60.7 Å². The van der Waals surface area contributed by atoms with Gasteiger partial charge in [-0.05, 0) is 55.5 Å². The Balaban J connectivity index is 1.83. The van der Waals surface area contributed by atoms with E-state index in [-0.39, 0.29) is 10.8 Å². The van der Waals surface area contributed by atoms with Gasteiger partial charge in [0.1, 0.15) is 5.75 Å². The molecule has 3 aromatic carbocycles. The fourth-order valence-corrected chi connectivity index (χ4v) is 4.24. The number of rotatable bonds is 6. The number of hydrogen-bond acceptors (Lipinski definition) is 4. The molecule has 0 atom stereocenters. The summed E-state index contributed by atoms with van der Waals surface area (Å²) < 4.78 is 32.1. The van der Waals surface area contributed by atoms with Crippen LogP contribution in [0.5, 0.6) is 5.75 Å². The van der Waals surface area contributed by atoms with Crippen molar-refractivity contribution in [3.05, 3.63) is 82.9 Å². The maximum absolute atomic E-state index is 12.9. The van der Waals surface area contributed by atoms with Crippen LogP contribution >= 0.6 is 11.6 Å². The number of benzene rings is 3. The Kier molecular flexibility index (Phi) is 6.34. The molecule has 30 heavy (non-hydrogen) atoms. The molecule has 0 aliphatic heterocycles. The first-order chi connectivity index (χ1) is 14.2. The number of halogens is 1. The first-order valence-corrected chi connectivity index (χ1v) is 10.8. The Labute approximate surface area is 181 Å². The van der Waals surface area contributed by atoms with E-state index < -0.39 is 10.0 Å². The molecule has 0 saturated heterocycles. The van der Waals surface area contributed by atoms with E-state index in [2.05, 4.69) is 5.32 Å². The minimum Gasteiger partial charge on any atom is -0.495 e. The predicted molar refractivity (Wildman–Crippen MR) is 119 cm³/mol. The lowest BCUT2D eigenvalue weighted by molar-refractivity contribution is 0.102. The summed E-state index contributed by atoms with van der Waals surface area (Å²) in [6.45, 7) is 1.89. The van der Waals surface area contributed by atoms with Gasteiger partial charge >= 0.3 is 0 Å². The third kappa shape index (κ3) is 4.58. The minimum absolute atomic E-state index is 0.179. The summed E-state index contributed by atoms with van der Waals surface area (Å²) in [5, 5.41) is 3.11. The molecule has 0 aromatic heterocycles. The highest BCUT2D eigenvalue weighted by Crippen LogP contribution is 2.28. The lowest BCUT2D eigenvalue weighted by atomic mass is 10.2. The highest BCUT2D eigenvalue weighted by Gasteiger charge is 2.22. The van der Waals surface area contributed by atoms with Gasteiger partial charge in [0.15, 0.2) is 0 Å². The smallest absolute Gasteiger partial charge is 0.264 e. The standard InChI is InChI=1S/C22H21ClN2O4S/c1-15-7-10-19(11-8-15)30(27,28)25(2)18-6-4-5-16(13-18)22(26)24-17-9-12-21(29-3)20(23)14-17/h4-14H,1-3H3,(H,24,26). The molecule has 1 N–H and O–H groups in total. The summed E-state index contributed by atoms with van der Waals surface area (Å²) >= 11 is 6.09. The van der Waals surface area contributed by atoms with Gasteiger partial charge in [-0.25, -0.2) is 8.42 Å². The highest BCUT2D eigenvalue weighted by molar-refractivity contribution is 7.92. The topological polar surface area (TPSA) is 75.7 Å². The third-order valence-electron chi connectivity index (χ3n) is 4.56. The second-order valence-electron chi connectivity index (χ2n) is 6.64. The SMILES string of the molecule is COc1ccc(NC(=O)c2cccc(N(C)S(=O)(=O)c3ccc(C)cc3)c2)cc1Cl. The second-order valence-corrected chi connectivity index (χ2v) is 9.02. The van der Waals surface area contributed by atoms with Gasteiger partial charge in [-0.15, -0.1) is 0 Å². The molecular formula is C22H21ClN2O4S. The zero-order valence-corrected chi connectivity index (χ0v) is 18.3. The van der Waals surface area contributed by atoms with Gasteiger partial charge in [-0.3, -0.25) is 9.10 Å². The van der Waals surface area contributed by atoms with Crippen molar-refractivity contribution in [2.24, 2.45) is 0 Å². The molecule has 0 heterocycles. The Morgan fingerprint density at radius 2 is 1.73 bits per heavy atom. The largest absolute Gasteiger partial charge is 0.495 e. The molecule has 1 amide bonds. The Morgan fingerprint density at radius 3 is 2.37 bits per heavy atom. The van der Waals surface area contributed by atoms with Gasteiger partial charge in [-0.2, -0.15) is 0 Å². The summed E-state index contributed by atoms with van der Waals surface area (Å²) in [6, 6.07) is 17.9. The van der Waals surface area contributed by atoms with Crippen molar-refractivity contribution in [3.8, 4) is 5.75 Å². The summed E-state index contributed by atoms with van der Waals surface area (Å²) in [5.41, 5.74) is 2.15. The lowest BCUT2D eigenvalue weighted by Gasteiger charge is -2.20. The number of nitrogens with zero attached hydrogens (tertiary/aromatic N) is 1. The van der Waals surface area contributed by atoms with Crippen LogP contribution in [0.1, 0.15) is 15.9 Å². The molecule has 156 valence electrons. The normalized spacial score (nSPS) is 11.1. The van der Waals surface area contributed by atoms with Gasteiger partial charge in [0.2, 0.25) is 0 Å². The number of carbonyl (C=O) groups excluding carboxylic acids is 1. The van der Waals surface area contributed by atoms with E-state index in [0.717, 1.165) is 9.87 Å². The van der Waals surface area contributed by atoms with E-state index in [9.17, 15) is 13.2 Å². The number of amides is 1. The number of carbonyl (C=O) groups is 1. The molecule has 0 unspecified atom stereocenters. The molecule has 3 aromatic rings. The van der Waals surface area contributed by atoms with Crippen molar-refractivity contribution in [2.45, 2.75) is 11.8 Å². The summed E-state index contributed by atoms with van der Waals surface area (Å²) in [6.07, 6.45) is 0. The van der Waals surface area contributed by atoms with Gasteiger partial charge in [0.25, 0.3) is 15.9 Å². The van der Waals surface area contributed by atoms with Gasteiger partial charge in [0, 0.05) is 18.3 Å². The Morgan fingerprint density at radius 1 is 1.03 bits per heavy atom. The van der Waals surface area contributed by atoms with Crippen LogP contribution in [0.15, 0.2) is 71.6 Å². The molecule has 0 aliphatic rings. The molecule has 0 aliphatic carbocycles. The van der Waals surface area contributed by atoms with Crippen molar-refractivity contribution in [3.63, 3.8) is 0 Å². The maximum Gasteiger partial charge on any atom is 0.264 e. The Hall–Kier alpha value is -3.03. The summed E-state index contributed by atoms with van der Waals surface area (Å²) in [7, 11) is -0.793. The number of nitrogens with one attached hydrogen (secondary N) is 1. The van der Waals surface area contributed by atoms with Crippen molar-refractivity contribution < 1.29 is 17.9 Å². The van der Waals surface area contributed by atoms with Crippen molar-refractivity contribution in [2.75, 3.05) is 23.8 Å². The number of ether oxygens (including phenoxy) is 1. The van der Waals surface area contributed by atoms with Crippen LogP contribution in [0.3, 0.4) is 0 Å². The molecule has 0 fully saturated rings. The maximum atomic E-state index is 12.9. The monoisotopic (exact) mass is 444 g/mol. The molecule has 0 bridgehead atoms. The molecule has 0 saturated carbocycles. The summed E-state index contributed by atoms with van der Waals surface area (Å²) in [5.74, 6) is 0.110. The number of anilines is 2. The zero-order valence-electron chi connectivity index (χ0n) is 16.7. The quantitative estimate of drug-likeness (QED) is 0.596. The molecule has 8 heteroatoms. The van der Waals surface area contributed by atoms with Crippen LogP contribution < -0.4 is 14.4 Å². The van der Waals surface area contributed by atoms with Crippen LogP contribution in [0.2, 0.25) is 5.02 Å². The molecule has 0 radical (unpaired) electrons. The van der Waals surface area contributed by atoms with Gasteiger partial charge in [-0.1, -0.05) is 35.4 Å². The lowest BCUT2D eigenvalue weighted by Crippen LogP contribution is -2.26. The van der Waals surface area contributed by atoms with Crippen molar-refractivity contribution in [1.29, 1.82) is 0 Å². The van der Waals surface area contributed by atoms with Crippen LogP contribution in [0, 0.1) is 6.92 Å². The Bertz CT molecular complexity index is 1180. The molecule has 6 nitrogen and oxygen atoms in total. The first-order valence-electron chi connectivity index (χ1n) is 9.03. The molecular weight excluding hydrogens is 424 g/mol. The fourth-order valence-electron chi connectivity index (χ4n) is 2.80. The van der Waals surface area contributed by atoms with E-state index in [1.807, 2.05) is 6.92 Å². The second kappa shape index (κ2) is 8.77. The van der Waals surface area contributed by atoms with E-state index in [4.69, 9.17) is 16.3 Å². The third-order valence-corrected chi connectivity index (χ3v) is 6.66. The van der Waals surface area contributed by atoms with Crippen molar-refractivity contribution in [1.82, 2.24) is 0 Å². The summed E-state index contributed by atoms with van der Waals surface area (Å²) in [4.78, 5) is 12.8. The molecule has 3 rings (SSSR count). The van der Waals surface area contributed by atoms with Crippen molar-refractivity contribution >= 4 is 38.9 Å². The number of methoxy groups -OCH3 is 1. The number of hydrogen-bond donors (Lipinski definition) is 1. The molecule has 0 spiro atoms. The van der Waals surface area contributed by atoms with E-state index in [1.165, 1.54) is 20.2 Å². The average Bonchev–Trinajstić information content (AvgIpc) is 2.73. The van der Waals surface area contributed by atoms with Crippen LogP contribution in [-0.2, 0) is 10.0 Å². The van der Waals surface area contributed by atoms with Gasteiger partial charge in [0.05, 0.1) is 22.7 Å². The van der Waals surface area contributed by atoms with Gasteiger partial charge < -0.3 is 10.1 Å². The average molecular weight is 445 g/mol. The number of aryl methyl sites for hydroxylation is 1. The van der Waals surface area contributed by atoms with Crippen LogP contribution in [0.25, 0.3) is 0 Å².